The lowest BCUT2D eigenvalue weighted by Crippen LogP contribution is -2.03. The third-order valence-corrected chi connectivity index (χ3v) is 6.50. The Labute approximate surface area is 138 Å². The fourth-order valence-electron chi connectivity index (χ4n) is 2.33. The van der Waals surface area contributed by atoms with Crippen molar-refractivity contribution in [1.29, 1.82) is 0 Å². The molecule has 0 aromatic heterocycles. The molecular weight excluding hydrogens is 395 g/mol. The molecule has 0 saturated heterocycles. The van der Waals surface area contributed by atoms with Gasteiger partial charge in [0.15, 0.2) is 0 Å². The second-order valence-electron chi connectivity index (χ2n) is 4.92. The zero-order valence-corrected chi connectivity index (χ0v) is 14.4. The quantitative estimate of drug-likeness (QED) is 0.584. The van der Waals surface area contributed by atoms with Crippen molar-refractivity contribution < 1.29 is 8.42 Å². The molecular formula is C17H13IO2S. The minimum absolute atomic E-state index is 0.338. The van der Waals surface area contributed by atoms with E-state index in [1.807, 2.05) is 55.5 Å². The van der Waals surface area contributed by atoms with Crippen LogP contribution in [0.2, 0.25) is 0 Å². The number of hydrogen-bond acceptors (Lipinski definition) is 2. The first kappa shape index (κ1) is 14.5. The topological polar surface area (TPSA) is 34.1 Å². The molecule has 1 aromatic rings. The maximum Gasteiger partial charge on any atom is 0.208 e. The first-order chi connectivity index (χ1) is 10.00. The molecule has 0 spiro atoms. The summed E-state index contributed by atoms with van der Waals surface area (Å²) < 4.78 is 26.6. The molecule has 2 nitrogen and oxygen atoms in total. The molecule has 0 bridgehead atoms. The van der Waals surface area contributed by atoms with Crippen molar-refractivity contribution in [2.45, 2.75) is 16.7 Å². The highest BCUT2D eigenvalue weighted by Crippen LogP contribution is 2.38. The standard InChI is InChI=1S/C17H13IO2S/c1-12-7-9-14(10-8-12)21(19,20)17-15-6-4-2-3-5-13(15)11-16(17)18/h2-11H,1H3. The Balaban J connectivity index is 2.26. The van der Waals surface area contributed by atoms with E-state index >= 15 is 0 Å². The molecule has 0 N–H and O–H groups in total. The van der Waals surface area contributed by atoms with E-state index in [9.17, 15) is 8.42 Å². The van der Waals surface area contributed by atoms with Crippen LogP contribution < -0.4 is 0 Å². The van der Waals surface area contributed by atoms with Crippen molar-refractivity contribution in [3.63, 3.8) is 0 Å². The predicted molar refractivity (Wildman–Crippen MR) is 92.4 cm³/mol. The molecule has 0 amide bonds. The normalized spacial score (nSPS) is 11.7. The first-order valence-corrected chi connectivity index (χ1v) is 9.05. The van der Waals surface area contributed by atoms with Gasteiger partial charge in [0.2, 0.25) is 9.84 Å². The summed E-state index contributed by atoms with van der Waals surface area (Å²) in [4.78, 5) is 0.739. The summed E-state index contributed by atoms with van der Waals surface area (Å²) in [5.74, 6) is 0. The fraction of sp³-hybridized carbons (Fsp3) is 0.0588. The van der Waals surface area contributed by atoms with Crippen LogP contribution in [-0.4, -0.2) is 8.42 Å². The van der Waals surface area contributed by atoms with Crippen molar-refractivity contribution in [2.24, 2.45) is 0 Å². The SMILES string of the molecule is Cc1ccc(S(=O)(=O)c2c(I)cc3cccccc2-3)cc1. The summed E-state index contributed by atoms with van der Waals surface area (Å²) in [6.07, 6.45) is 0. The molecule has 1 aromatic carbocycles. The van der Waals surface area contributed by atoms with Gasteiger partial charge in [0, 0.05) is 9.13 Å². The van der Waals surface area contributed by atoms with Gasteiger partial charge in [-0.15, -0.1) is 0 Å². The largest absolute Gasteiger partial charge is 0.218 e. The van der Waals surface area contributed by atoms with Gasteiger partial charge < -0.3 is 0 Å². The van der Waals surface area contributed by atoms with Gasteiger partial charge in [0.1, 0.15) is 0 Å². The summed E-state index contributed by atoms with van der Waals surface area (Å²) in [7, 11) is -3.51. The van der Waals surface area contributed by atoms with Crippen LogP contribution in [0.3, 0.4) is 0 Å². The molecule has 106 valence electrons. The smallest absolute Gasteiger partial charge is 0.208 e. The van der Waals surface area contributed by atoms with Crippen LogP contribution in [0.25, 0.3) is 11.1 Å². The van der Waals surface area contributed by atoms with E-state index in [4.69, 9.17) is 0 Å². The predicted octanol–water partition coefficient (Wildman–Crippen LogP) is 4.54. The first-order valence-electron chi connectivity index (χ1n) is 6.49. The van der Waals surface area contributed by atoms with Crippen LogP contribution in [-0.2, 0) is 9.84 Å². The Kier molecular flexibility index (Phi) is 3.75. The summed E-state index contributed by atoms with van der Waals surface area (Å²) in [5, 5.41) is 0. The number of hydrogen-bond donors (Lipinski definition) is 0. The van der Waals surface area contributed by atoms with Crippen LogP contribution in [0.5, 0.6) is 0 Å². The third-order valence-electron chi connectivity index (χ3n) is 3.42. The lowest BCUT2D eigenvalue weighted by molar-refractivity contribution is 0.596. The Hall–Kier alpha value is -1.40. The van der Waals surface area contributed by atoms with Crippen LogP contribution in [0.15, 0.2) is 70.5 Å². The van der Waals surface area contributed by atoms with Gasteiger partial charge in [0.05, 0.1) is 9.79 Å². The van der Waals surface area contributed by atoms with E-state index in [1.54, 1.807) is 12.1 Å². The van der Waals surface area contributed by atoms with Crippen molar-refractivity contribution >= 4 is 32.4 Å². The average molecular weight is 408 g/mol. The molecule has 0 unspecified atom stereocenters. The van der Waals surface area contributed by atoms with Gasteiger partial charge in [-0.05, 0) is 53.3 Å². The van der Waals surface area contributed by atoms with Gasteiger partial charge in [-0.3, -0.25) is 0 Å². The van der Waals surface area contributed by atoms with E-state index < -0.39 is 9.84 Å². The highest BCUT2D eigenvalue weighted by Gasteiger charge is 2.26. The fourth-order valence-corrected chi connectivity index (χ4v) is 5.35. The lowest BCUT2D eigenvalue weighted by Gasteiger charge is -2.06. The van der Waals surface area contributed by atoms with E-state index in [1.165, 1.54) is 0 Å². The number of benzene rings is 1. The molecule has 0 heterocycles. The minimum Gasteiger partial charge on any atom is -0.218 e. The molecule has 0 fully saturated rings. The molecule has 0 saturated carbocycles. The molecule has 0 aliphatic heterocycles. The van der Waals surface area contributed by atoms with Crippen molar-refractivity contribution in [3.05, 3.63) is 69.8 Å². The number of rotatable bonds is 2. The van der Waals surface area contributed by atoms with Gasteiger partial charge in [-0.25, -0.2) is 8.42 Å². The summed E-state index contributed by atoms with van der Waals surface area (Å²) in [5.41, 5.74) is 2.75. The van der Waals surface area contributed by atoms with Gasteiger partial charge >= 0.3 is 0 Å². The molecule has 3 rings (SSSR count). The maximum atomic E-state index is 12.9. The molecule has 0 atom stereocenters. The second kappa shape index (κ2) is 5.42. The van der Waals surface area contributed by atoms with E-state index in [2.05, 4.69) is 22.6 Å². The lowest BCUT2D eigenvalue weighted by atomic mass is 10.2. The van der Waals surface area contributed by atoms with Gasteiger partial charge in [-0.2, -0.15) is 0 Å². The van der Waals surface area contributed by atoms with E-state index in [0.717, 1.165) is 20.3 Å². The number of halogens is 1. The van der Waals surface area contributed by atoms with Gasteiger partial charge in [0.25, 0.3) is 0 Å². The van der Waals surface area contributed by atoms with Crippen LogP contribution in [0.4, 0.5) is 0 Å². The number of aryl methyl sites for hydroxylation is 1. The van der Waals surface area contributed by atoms with Crippen LogP contribution in [0.1, 0.15) is 5.56 Å². The molecule has 0 radical (unpaired) electrons. The Morgan fingerprint density at radius 1 is 0.905 bits per heavy atom. The zero-order chi connectivity index (χ0) is 15.0. The Bertz CT molecular complexity index is 868. The highest BCUT2D eigenvalue weighted by atomic mass is 127. The van der Waals surface area contributed by atoms with Crippen molar-refractivity contribution in [3.8, 4) is 11.1 Å². The van der Waals surface area contributed by atoms with Crippen LogP contribution in [0, 0.1) is 10.5 Å². The monoisotopic (exact) mass is 408 g/mol. The summed E-state index contributed by atoms with van der Waals surface area (Å²) in [6.45, 7) is 1.94. The van der Waals surface area contributed by atoms with E-state index in [0.29, 0.717) is 9.79 Å². The highest BCUT2D eigenvalue weighted by molar-refractivity contribution is 14.1. The second-order valence-corrected chi connectivity index (χ2v) is 7.97. The molecule has 2 aliphatic carbocycles. The Morgan fingerprint density at radius 2 is 1.57 bits per heavy atom. The Morgan fingerprint density at radius 3 is 2.29 bits per heavy atom. The van der Waals surface area contributed by atoms with E-state index in [-0.39, 0.29) is 0 Å². The van der Waals surface area contributed by atoms with Crippen molar-refractivity contribution in [2.75, 3.05) is 0 Å². The van der Waals surface area contributed by atoms with Gasteiger partial charge in [-0.1, -0.05) is 48.0 Å². The summed E-state index contributed by atoms with van der Waals surface area (Å²) >= 11 is 2.10. The zero-order valence-electron chi connectivity index (χ0n) is 11.4. The van der Waals surface area contributed by atoms with Crippen LogP contribution >= 0.6 is 22.6 Å². The summed E-state index contributed by atoms with van der Waals surface area (Å²) in [6, 6.07) is 18.4. The molecule has 4 heteroatoms. The minimum atomic E-state index is -3.51. The molecule has 2 aliphatic rings. The number of sulfone groups is 1. The average Bonchev–Trinajstić information content (AvgIpc) is 2.60. The van der Waals surface area contributed by atoms with Crippen molar-refractivity contribution in [1.82, 2.24) is 0 Å². The maximum absolute atomic E-state index is 12.9. The molecule has 21 heavy (non-hydrogen) atoms. The third kappa shape index (κ3) is 2.58. The number of fused-ring (bicyclic) bond motifs is 1.